The van der Waals surface area contributed by atoms with Gasteiger partial charge in [0.2, 0.25) is 10.0 Å². The number of sulfonamides is 1. The lowest BCUT2D eigenvalue weighted by Gasteiger charge is -2.28. The first-order valence-corrected chi connectivity index (χ1v) is 8.17. The van der Waals surface area contributed by atoms with Gasteiger partial charge in [-0.05, 0) is 49.9 Å². The van der Waals surface area contributed by atoms with E-state index in [4.69, 9.17) is 0 Å². The molecule has 0 aliphatic carbocycles. The van der Waals surface area contributed by atoms with Gasteiger partial charge in [0.25, 0.3) is 0 Å². The molecule has 2 atom stereocenters. The molecule has 0 aromatic heterocycles. The molecule has 4 nitrogen and oxygen atoms in total. The molecule has 1 aromatic carbocycles. The van der Waals surface area contributed by atoms with Crippen molar-refractivity contribution in [1.82, 2.24) is 10.0 Å². The minimum absolute atomic E-state index is 0.0198. The molecule has 2 unspecified atom stereocenters. The first kappa shape index (κ1) is 14.5. The Hall–Kier alpha value is -0.910. The van der Waals surface area contributed by atoms with Crippen LogP contribution >= 0.6 is 0 Å². The molecule has 2 N–H and O–H groups in total. The average Bonchev–Trinajstić information content (AvgIpc) is 2.31. The van der Waals surface area contributed by atoms with Gasteiger partial charge in [-0.3, -0.25) is 0 Å². The van der Waals surface area contributed by atoms with Crippen LogP contribution in [0.4, 0.5) is 0 Å². The zero-order valence-corrected chi connectivity index (χ0v) is 12.5. The van der Waals surface area contributed by atoms with Gasteiger partial charge >= 0.3 is 0 Å². The fourth-order valence-electron chi connectivity index (χ4n) is 2.53. The molecule has 1 saturated heterocycles. The van der Waals surface area contributed by atoms with Crippen LogP contribution in [0.1, 0.15) is 24.5 Å². The van der Waals surface area contributed by atoms with Gasteiger partial charge < -0.3 is 5.32 Å². The summed E-state index contributed by atoms with van der Waals surface area (Å²) in [5.41, 5.74) is 1.75. The Morgan fingerprint density at radius 1 is 1.26 bits per heavy atom. The summed E-state index contributed by atoms with van der Waals surface area (Å²) in [5, 5.41) is 3.26. The van der Waals surface area contributed by atoms with Crippen molar-refractivity contribution in [3.8, 4) is 0 Å². The zero-order valence-electron chi connectivity index (χ0n) is 11.7. The van der Waals surface area contributed by atoms with Crippen molar-refractivity contribution in [2.24, 2.45) is 5.92 Å². The molecule has 1 aliphatic heterocycles. The summed E-state index contributed by atoms with van der Waals surface area (Å²) in [6, 6.07) is 5.50. The molecule has 1 aromatic rings. The molecule has 106 valence electrons. The van der Waals surface area contributed by atoms with Crippen LogP contribution in [0.25, 0.3) is 0 Å². The number of nitrogens with one attached hydrogen (secondary N) is 2. The largest absolute Gasteiger partial charge is 0.315 e. The summed E-state index contributed by atoms with van der Waals surface area (Å²) in [5.74, 6) is 0.500. The van der Waals surface area contributed by atoms with Gasteiger partial charge in [0.15, 0.2) is 0 Å². The van der Waals surface area contributed by atoms with E-state index in [1.54, 1.807) is 6.07 Å². The molecule has 0 amide bonds. The minimum atomic E-state index is -3.43. The summed E-state index contributed by atoms with van der Waals surface area (Å²) in [7, 11) is -3.43. The topological polar surface area (TPSA) is 58.2 Å². The van der Waals surface area contributed by atoms with Crippen LogP contribution in [0.3, 0.4) is 0 Å². The van der Waals surface area contributed by atoms with Gasteiger partial charge in [0, 0.05) is 12.6 Å². The van der Waals surface area contributed by atoms with E-state index in [0.717, 1.165) is 24.1 Å². The average molecular weight is 282 g/mol. The molecule has 1 heterocycles. The van der Waals surface area contributed by atoms with E-state index in [2.05, 4.69) is 17.0 Å². The number of rotatable bonds is 3. The molecule has 0 radical (unpaired) electrons. The third kappa shape index (κ3) is 3.55. The fourth-order valence-corrected chi connectivity index (χ4v) is 4.10. The highest BCUT2D eigenvalue weighted by Crippen LogP contribution is 2.18. The van der Waals surface area contributed by atoms with Crippen molar-refractivity contribution in [1.29, 1.82) is 0 Å². The van der Waals surface area contributed by atoms with Crippen LogP contribution in [-0.4, -0.2) is 27.5 Å². The molecule has 0 spiro atoms. The maximum absolute atomic E-state index is 12.4. The number of hydrogen-bond donors (Lipinski definition) is 2. The Bertz CT molecular complexity index is 555. The highest BCUT2D eigenvalue weighted by molar-refractivity contribution is 7.89. The second kappa shape index (κ2) is 5.61. The Kier molecular flexibility index (Phi) is 4.28. The maximum Gasteiger partial charge on any atom is 0.241 e. The van der Waals surface area contributed by atoms with E-state index in [9.17, 15) is 8.42 Å². The third-order valence-electron chi connectivity index (χ3n) is 3.53. The number of aryl methyl sites for hydroxylation is 2. The van der Waals surface area contributed by atoms with Crippen molar-refractivity contribution >= 4 is 10.0 Å². The van der Waals surface area contributed by atoms with Crippen molar-refractivity contribution in [3.63, 3.8) is 0 Å². The van der Waals surface area contributed by atoms with Crippen LogP contribution < -0.4 is 10.0 Å². The number of hydrogen-bond acceptors (Lipinski definition) is 3. The number of benzene rings is 1. The van der Waals surface area contributed by atoms with E-state index in [0.29, 0.717) is 17.4 Å². The second-order valence-corrected chi connectivity index (χ2v) is 7.27. The summed E-state index contributed by atoms with van der Waals surface area (Å²) in [6.07, 6.45) is 0.886. The minimum Gasteiger partial charge on any atom is -0.315 e. The standard InChI is InChI=1S/C14H22N2O2S/c1-10-4-5-12(3)14(7-10)19(17,18)16-13-6-11(2)8-15-9-13/h4-5,7,11,13,15-16H,6,8-9H2,1-3H3. The van der Waals surface area contributed by atoms with Crippen LogP contribution in [0.2, 0.25) is 0 Å². The highest BCUT2D eigenvalue weighted by atomic mass is 32.2. The van der Waals surface area contributed by atoms with Crippen molar-refractivity contribution in [2.75, 3.05) is 13.1 Å². The summed E-state index contributed by atoms with van der Waals surface area (Å²) in [6.45, 7) is 7.53. The highest BCUT2D eigenvalue weighted by Gasteiger charge is 2.25. The molecule has 0 saturated carbocycles. The Morgan fingerprint density at radius 3 is 2.68 bits per heavy atom. The Labute approximate surface area is 115 Å². The molecular formula is C14H22N2O2S. The Morgan fingerprint density at radius 2 is 2.00 bits per heavy atom. The summed E-state index contributed by atoms with van der Waals surface area (Å²) in [4.78, 5) is 0.394. The SMILES string of the molecule is Cc1ccc(C)c(S(=O)(=O)NC2CNCC(C)C2)c1. The van der Waals surface area contributed by atoms with E-state index >= 15 is 0 Å². The Balaban J connectivity index is 2.20. The first-order valence-electron chi connectivity index (χ1n) is 6.69. The number of piperidine rings is 1. The third-order valence-corrected chi connectivity index (χ3v) is 5.19. The van der Waals surface area contributed by atoms with Crippen LogP contribution in [0.15, 0.2) is 23.1 Å². The fraction of sp³-hybridized carbons (Fsp3) is 0.571. The molecule has 1 aliphatic rings. The van der Waals surface area contributed by atoms with Gasteiger partial charge in [0.1, 0.15) is 0 Å². The van der Waals surface area contributed by atoms with E-state index < -0.39 is 10.0 Å². The van der Waals surface area contributed by atoms with Crippen molar-refractivity contribution < 1.29 is 8.42 Å². The van der Waals surface area contributed by atoms with E-state index in [1.165, 1.54) is 0 Å². The van der Waals surface area contributed by atoms with Gasteiger partial charge in [-0.15, -0.1) is 0 Å². The smallest absolute Gasteiger partial charge is 0.241 e. The van der Waals surface area contributed by atoms with Crippen LogP contribution in [0, 0.1) is 19.8 Å². The lowest BCUT2D eigenvalue weighted by atomic mass is 9.99. The summed E-state index contributed by atoms with van der Waals surface area (Å²) < 4.78 is 27.7. The van der Waals surface area contributed by atoms with Crippen LogP contribution in [-0.2, 0) is 10.0 Å². The van der Waals surface area contributed by atoms with Gasteiger partial charge in [-0.25, -0.2) is 13.1 Å². The molecule has 1 fully saturated rings. The maximum atomic E-state index is 12.4. The molecule has 19 heavy (non-hydrogen) atoms. The van der Waals surface area contributed by atoms with Gasteiger partial charge in [-0.1, -0.05) is 19.1 Å². The predicted molar refractivity (Wildman–Crippen MR) is 76.7 cm³/mol. The van der Waals surface area contributed by atoms with Gasteiger partial charge in [-0.2, -0.15) is 0 Å². The second-order valence-electron chi connectivity index (χ2n) is 5.59. The molecule has 0 bridgehead atoms. The van der Waals surface area contributed by atoms with E-state index in [1.807, 2.05) is 26.0 Å². The normalized spacial score (nSPS) is 24.4. The first-order chi connectivity index (χ1) is 8.88. The molecular weight excluding hydrogens is 260 g/mol. The monoisotopic (exact) mass is 282 g/mol. The summed E-state index contributed by atoms with van der Waals surface area (Å²) >= 11 is 0. The van der Waals surface area contributed by atoms with Gasteiger partial charge in [0.05, 0.1) is 4.90 Å². The lowest BCUT2D eigenvalue weighted by molar-refractivity contribution is 0.346. The van der Waals surface area contributed by atoms with Crippen molar-refractivity contribution in [3.05, 3.63) is 29.3 Å². The van der Waals surface area contributed by atoms with E-state index in [-0.39, 0.29) is 6.04 Å². The quantitative estimate of drug-likeness (QED) is 0.885. The van der Waals surface area contributed by atoms with Crippen LogP contribution in [0.5, 0.6) is 0 Å². The zero-order chi connectivity index (χ0) is 14.0. The predicted octanol–water partition coefficient (Wildman–Crippen LogP) is 1.58. The lowest BCUT2D eigenvalue weighted by Crippen LogP contribution is -2.48. The molecule has 5 heteroatoms. The molecule has 2 rings (SSSR count). The van der Waals surface area contributed by atoms with Crippen molar-refractivity contribution in [2.45, 2.75) is 38.1 Å².